The molecule has 1 aromatic carbocycles. The van der Waals surface area contributed by atoms with Crippen LogP contribution in [0.15, 0.2) is 41.3 Å². The van der Waals surface area contributed by atoms with Crippen molar-refractivity contribution in [1.82, 2.24) is 14.2 Å². The topological polar surface area (TPSA) is 129 Å². The van der Waals surface area contributed by atoms with Gasteiger partial charge in [0.2, 0.25) is 0 Å². The summed E-state index contributed by atoms with van der Waals surface area (Å²) in [6, 6.07) is 8.05. The van der Waals surface area contributed by atoms with E-state index in [2.05, 4.69) is 5.10 Å². The van der Waals surface area contributed by atoms with Crippen molar-refractivity contribution in [2.45, 2.75) is 37.1 Å². The lowest BCUT2D eigenvalue weighted by Gasteiger charge is -2.40. The second kappa shape index (κ2) is 8.27. The lowest BCUT2D eigenvalue weighted by molar-refractivity contribution is -0.231. The fourth-order valence-corrected chi connectivity index (χ4v) is 3.92. The molecule has 1 fully saturated rings. The molecule has 9 nitrogen and oxygen atoms in total. The number of nitrogens with zero attached hydrogens (tertiary/aromatic N) is 3. The maximum atomic E-state index is 12.6. The predicted molar refractivity (Wildman–Crippen MR) is 108 cm³/mol. The number of fused-ring (bicyclic) bond motifs is 1. The predicted octanol–water partition coefficient (Wildman–Crippen LogP) is 0.366. The molecular weight excluding hydrogens is 437 g/mol. The van der Waals surface area contributed by atoms with Crippen LogP contribution in [0.4, 0.5) is 0 Å². The molecule has 1 saturated heterocycles. The zero-order chi connectivity index (χ0) is 21.6. The van der Waals surface area contributed by atoms with Gasteiger partial charge in [-0.25, -0.2) is 13.9 Å². The van der Waals surface area contributed by atoms with Gasteiger partial charge >= 0.3 is 5.69 Å². The minimum absolute atomic E-state index is 0.0287. The van der Waals surface area contributed by atoms with E-state index in [-0.39, 0.29) is 6.54 Å². The summed E-state index contributed by atoms with van der Waals surface area (Å²) in [5.41, 5.74) is 0.890. The van der Waals surface area contributed by atoms with E-state index in [4.69, 9.17) is 27.9 Å². The van der Waals surface area contributed by atoms with Gasteiger partial charge in [-0.15, -0.1) is 5.10 Å². The Morgan fingerprint density at radius 2 is 1.83 bits per heavy atom. The Bertz CT molecular complexity index is 1130. The summed E-state index contributed by atoms with van der Waals surface area (Å²) in [6.45, 7) is -0.500. The van der Waals surface area contributed by atoms with Crippen molar-refractivity contribution < 1.29 is 25.2 Å². The summed E-state index contributed by atoms with van der Waals surface area (Å²) in [5.74, 6) is 0. The van der Waals surface area contributed by atoms with Crippen LogP contribution in [0.5, 0.6) is 0 Å². The van der Waals surface area contributed by atoms with Gasteiger partial charge in [0, 0.05) is 11.2 Å². The standard InChI is InChI=1S/C19H19Cl2N3O6/c20-11-4-3-9(17-16(28)15(27)14(26)13(8-25)30-17)6-10(11)7-24-19(29)23-5-1-2-12(21)18(23)22-24/h1-6,13-17,25-28H,7-8H2/t13-,14-,15+,16-,17+/m1/s1. The number of hydrogen-bond acceptors (Lipinski definition) is 7. The highest BCUT2D eigenvalue weighted by Crippen LogP contribution is 2.34. The Labute approximate surface area is 180 Å². The van der Waals surface area contributed by atoms with Gasteiger partial charge in [-0.3, -0.25) is 0 Å². The SMILES string of the molecule is O=c1n(Cc2cc([C@@H]3O[C@H](CO)[C@@H](O)[C@H](O)[C@H]3O)ccc2Cl)nc2c(Cl)cccn12. The molecule has 160 valence electrons. The summed E-state index contributed by atoms with van der Waals surface area (Å²) in [5, 5.41) is 44.7. The van der Waals surface area contributed by atoms with Gasteiger partial charge in [-0.1, -0.05) is 29.3 Å². The Balaban J connectivity index is 1.68. The number of ether oxygens (including phenoxy) is 1. The van der Waals surface area contributed by atoms with E-state index in [1.165, 1.54) is 9.08 Å². The van der Waals surface area contributed by atoms with Gasteiger partial charge in [0.15, 0.2) is 5.65 Å². The van der Waals surface area contributed by atoms with E-state index in [0.29, 0.717) is 26.8 Å². The monoisotopic (exact) mass is 455 g/mol. The summed E-state index contributed by atoms with van der Waals surface area (Å²) in [7, 11) is 0. The van der Waals surface area contributed by atoms with Gasteiger partial charge in [0.25, 0.3) is 0 Å². The molecule has 3 heterocycles. The van der Waals surface area contributed by atoms with Crippen molar-refractivity contribution in [3.8, 4) is 0 Å². The minimum atomic E-state index is -1.50. The molecule has 5 atom stereocenters. The molecule has 0 radical (unpaired) electrons. The van der Waals surface area contributed by atoms with E-state index >= 15 is 0 Å². The number of aliphatic hydroxyl groups excluding tert-OH is 4. The summed E-state index contributed by atoms with van der Waals surface area (Å²) in [6.07, 6.45) is -4.86. The molecule has 4 rings (SSSR count). The van der Waals surface area contributed by atoms with Crippen molar-refractivity contribution >= 4 is 28.8 Å². The highest BCUT2D eigenvalue weighted by atomic mass is 35.5. The van der Waals surface area contributed by atoms with E-state index in [9.17, 15) is 25.2 Å². The number of aromatic nitrogens is 3. The van der Waals surface area contributed by atoms with E-state index in [0.717, 1.165) is 0 Å². The van der Waals surface area contributed by atoms with Crippen LogP contribution in [0.25, 0.3) is 5.65 Å². The molecule has 0 unspecified atom stereocenters. The van der Waals surface area contributed by atoms with E-state index < -0.39 is 42.8 Å². The zero-order valence-electron chi connectivity index (χ0n) is 15.5. The quantitative estimate of drug-likeness (QED) is 0.446. The first kappa shape index (κ1) is 21.3. The molecule has 11 heteroatoms. The molecule has 30 heavy (non-hydrogen) atoms. The first-order valence-electron chi connectivity index (χ1n) is 9.14. The Hall–Kier alpha value is -1.98. The number of rotatable bonds is 4. The number of pyridine rings is 1. The number of aliphatic hydroxyl groups is 4. The maximum Gasteiger partial charge on any atom is 0.350 e. The van der Waals surface area contributed by atoms with Crippen LogP contribution in [0.3, 0.4) is 0 Å². The third-order valence-corrected chi connectivity index (χ3v) is 5.84. The summed E-state index contributed by atoms with van der Waals surface area (Å²) < 4.78 is 8.12. The highest BCUT2D eigenvalue weighted by Gasteiger charge is 2.44. The van der Waals surface area contributed by atoms with Crippen molar-refractivity contribution in [1.29, 1.82) is 0 Å². The Morgan fingerprint density at radius 1 is 1.07 bits per heavy atom. The fraction of sp³-hybridized carbons (Fsp3) is 0.368. The van der Waals surface area contributed by atoms with Gasteiger partial charge < -0.3 is 25.2 Å². The molecule has 0 saturated carbocycles. The number of hydrogen-bond donors (Lipinski definition) is 4. The van der Waals surface area contributed by atoms with Crippen molar-refractivity contribution in [2.75, 3.05) is 6.61 Å². The second-order valence-electron chi connectivity index (χ2n) is 7.09. The number of benzene rings is 1. The molecule has 0 spiro atoms. The van der Waals surface area contributed by atoms with Crippen LogP contribution in [-0.4, -0.2) is 65.6 Å². The first-order valence-corrected chi connectivity index (χ1v) is 9.90. The molecule has 2 aromatic heterocycles. The molecule has 0 amide bonds. The largest absolute Gasteiger partial charge is 0.394 e. The third-order valence-electron chi connectivity index (χ3n) is 5.17. The molecule has 0 aliphatic carbocycles. The third kappa shape index (κ3) is 3.63. The Kier molecular flexibility index (Phi) is 5.86. The minimum Gasteiger partial charge on any atom is -0.394 e. The van der Waals surface area contributed by atoms with Crippen LogP contribution < -0.4 is 5.69 Å². The average Bonchev–Trinajstić information content (AvgIpc) is 3.05. The zero-order valence-corrected chi connectivity index (χ0v) is 17.0. The lowest BCUT2D eigenvalue weighted by atomic mass is 9.90. The van der Waals surface area contributed by atoms with Gasteiger partial charge in [-0.2, -0.15) is 0 Å². The number of halogens is 2. The van der Waals surface area contributed by atoms with Crippen LogP contribution in [0.1, 0.15) is 17.2 Å². The van der Waals surface area contributed by atoms with E-state index in [1.54, 1.807) is 36.5 Å². The summed E-state index contributed by atoms with van der Waals surface area (Å²) in [4.78, 5) is 12.6. The van der Waals surface area contributed by atoms with Crippen LogP contribution >= 0.6 is 23.2 Å². The second-order valence-corrected chi connectivity index (χ2v) is 7.90. The normalized spacial score (nSPS) is 26.9. The fourth-order valence-electron chi connectivity index (χ4n) is 3.54. The van der Waals surface area contributed by atoms with Gasteiger partial charge in [0.1, 0.15) is 30.5 Å². The van der Waals surface area contributed by atoms with Crippen LogP contribution in [0, 0.1) is 0 Å². The van der Waals surface area contributed by atoms with Crippen LogP contribution in [0.2, 0.25) is 10.0 Å². The molecule has 4 N–H and O–H groups in total. The average molecular weight is 456 g/mol. The molecular formula is C19H19Cl2N3O6. The van der Waals surface area contributed by atoms with Crippen molar-refractivity contribution in [3.63, 3.8) is 0 Å². The molecule has 1 aliphatic heterocycles. The first-order chi connectivity index (χ1) is 14.3. The smallest absolute Gasteiger partial charge is 0.350 e. The maximum absolute atomic E-state index is 12.6. The summed E-state index contributed by atoms with van der Waals surface area (Å²) >= 11 is 12.4. The lowest BCUT2D eigenvalue weighted by Crippen LogP contribution is -2.55. The van der Waals surface area contributed by atoms with Crippen molar-refractivity contribution in [2.24, 2.45) is 0 Å². The van der Waals surface area contributed by atoms with Crippen molar-refractivity contribution in [3.05, 3.63) is 68.2 Å². The van der Waals surface area contributed by atoms with Gasteiger partial charge in [-0.05, 0) is 35.4 Å². The molecule has 0 bridgehead atoms. The molecule has 3 aromatic rings. The highest BCUT2D eigenvalue weighted by molar-refractivity contribution is 6.33. The van der Waals surface area contributed by atoms with Crippen LogP contribution in [-0.2, 0) is 11.3 Å². The Morgan fingerprint density at radius 3 is 2.53 bits per heavy atom. The van der Waals surface area contributed by atoms with Gasteiger partial charge in [0.05, 0.1) is 18.2 Å². The molecule has 1 aliphatic rings. The van der Waals surface area contributed by atoms with E-state index in [1.807, 2.05) is 0 Å².